The molecule has 0 saturated carbocycles. The topological polar surface area (TPSA) is 69.0 Å². The van der Waals surface area contributed by atoms with Crippen molar-refractivity contribution in [1.29, 1.82) is 0 Å². The van der Waals surface area contributed by atoms with Gasteiger partial charge in [0.05, 0.1) is 5.25 Å². The summed E-state index contributed by atoms with van der Waals surface area (Å²) in [6.07, 6.45) is 0. The minimum Gasteiger partial charge on any atom is -0.483 e. The third kappa shape index (κ3) is 5.76. The van der Waals surface area contributed by atoms with Crippen LogP contribution < -0.4 is 10.1 Å². The maximum atomic E-state index is 14.0. The van der Waals surface area contributed by atoms with Gasteiger partial charge in [-0.05, 0) is 42.8 Å². The first-order chi connectivity index (χ1) is 16.5. The monoisotopic (exact) mass is 496 g/mol. The number of ether oxygens (including phenoxy) is 1. The summed E-state index contributed by atoms with van der Waals surface area (Å²) in [5, 5.41) is 12.1. The molecule has 0 fully saturated rings. The molecule has 0 aliphatic heterocycles. The second kappa shape index (κ2) is 11.2. The van der Waals surface area contributed by atoms with Crippen LogP contribution in [0.4, 0.5) is 4.39 Å². The maximum Gasteiger partial charge on any atom is 0.233 e. The van der Waals surface area contributed by atoms with E-state index in [1.807, 2.05) is 53.1 Å². The van der Waals surface area contributed by atoms with Gasteiger partial charge in [-0.3, -0.25) is 9.36 Å². The fourth-order valence-electron chi connectivity index (χ4n) is 3.19. The summed E-state index contributed by atoms with van der Waals surface area (Å²) in [6, 6.07) is 23.1. The van der Waals surface area contributed by atoms with E-state index >= 15 is 0 Å². The Bertz CT molecular complexity index is 1270. The zero-order valence-corrected chi connectivity index (χ0v) is 19.9. The number of carbonyl (C=O) groups excluding carboxylic acids is 1. The van der Waals surface area contributed by atoms with E-state index in [2.05, 4.69) is 15.5 Å². The lowest BCUT2D eigenvalue weighted by atomic mass is 10.2. The van der Waals surface area contributed by atoms with Crippen LogP contribution in [0.15, 0.2) is 84.0 Å². The number of carbonyl (C=O) groups is 1. The van der Waals surface area contributed by atoms with Crippen LogP contribution in [0.5, 0.6) is 5.75 Å². The average molecular weight is 497 g/mol. The Kier molecular flexibility index (Phi) is 7.82. The van der Waals surface area contributed by atoms with Crippen molar-refractivity contribution in [2.24, 2.45) is 0 Å². The first kappa shape index (κ1) is 23.8. The fourth-order valence-corrected chi connectivity index (χ4v) is 4.30. The molecule has 1 unspecified atom stereocenters. The van der Waals surface area contributed by atoms with Crippen molar-refractivity contribution in [3.8, 4) is 11.4 Å². The van der Waals surface area contributed by atoms with E-state index in [4.69, 9.17) is 16.3 Å². The molecule has 0 saturated heterocycles. The Balaban J connectivity index is 1.50. The molecule has 0 bridgehead atoms. The highest BCUT2D eigenvalue weighted by Gasteiger charge is 2.21. The number of nitrogens with one attached hydrogen (secondary N) is 1. The van der Waals surface area contributed by atoms with Crippen LogP contribution in [0.3, 0.4) is 0 Å². The smallest absolute Gasteiger partial charge is 0.233 e. The second-order valence-electron chi connectivity index (χ2n) is 7.36. The van der Waals surface area contributed by atoms with Crippen LogP contribution in [0, 0.1) is 5.82 Å². The Morgan fingerprint density at radius 1 is 1.06 bits per heavy atom. The first-order valence-corrected chi connectivity index (χ1v) is 11.8. The minimum absolute atomic E-state index is 0.0104. The van der Waals surface area contributed by atoms with E-state index in [0.29, 0.717) is 22.5 Å². The number of thioether (sulfide) groups is 1. The summed E-state index contributed by atoms with van der Waals surface area (Å²) in [4.78, 5) is 12.7. The lowest BCUT2D eigenvalue weighted by Gasteiger charge is -2.14. The van der Waals surface area contributed by atoms with Crippen molar-refractivity contribution in [3.05, 3.63) is 101 Å². The highest BCUT2D eigenvalue weighted by Crippen LogP contribution is 2.27. The van der Waals surface area contributed by atoms with Gasteiger partial charge in [0, 0.05) is 17.3 Å². The molecule has 1 aromatic heterocycles. The van der Waals surface area contributed by atoms with E-state index in [9.17, 15) is 9.18 Å². The number of benzene rings is 3. The Morgan fingerprint density at radius 2 is 1.76 bits per heavy atom. The number of para-hydroxylation sites is 2. The summed E-state index contributed by atoms with van der Waals surface area (Å²) in [6.45, 7) is 2.14. The van der Waals surface area contributed by atoms with E-state index in [1.165, 1.54) is 17.8 Å². The summed E-state index contributed by atoms with van der Waals surface area (Å²) in [5.74, 6) is 0.00985. The van der Waals surface area contributed by atoms with Crippen LogP contribution in [0.25, 0.3) is 5.69 Å². The van der Waals surface area contributed by atoms with Gasteiger partial charge in [-0.2, -0.15) is 0 Å². The van der Waals surface area contributed by atoms with E-state index in [0.717, 1.165) is 11.3 Å². The molecule has 1 heterocycles. The van der Waals surface area contributed by atoms with Crippen molar-refractivity contribution >= 4 is 29.3 Å². The normalized spacial score (nSPS) is 11.7. The molecular weight excluding hydrogens is 475 g/mol. The van der Waals surface area contributed by atoms with Gasteiger partial charge in [-0.15, -0.1) is 10.2 Å². The summed E-state index contributed by atoms with van der Waals surface area (Å²) in [7, 11) is 0. The van der Waals surface area contributed by atoms with Crippen LogP contribution in [0.2, 0.25) is 5.02 Å². The van der Waals surface area contributed by atoms with Crippen LogP contribution in [0.1, 0.15) is 18.3 Å². The zero-order chi connectivity index (χ0) is 23.9. The molecule has 6 nitrogen and oxygen atoms in total. The molecule has 1 amide bonds. The zero-order valence-electron chi connectivity index (χ0n) is 18.3. The lowest BCUT2D eigenvalue weighted by molar-refractivity contribution is -0.120. The maximum absolute atomic E-state index is 14.0. The molecule has 34 heavy (non-hydrogen) atoms. The van der Waals surface area contributed by atoms with Crippen molar-refractivity contribution in [2.75, 3.05) is 0 Å². The SMILES string of the molecule is CC(Sc1nnc(COc2ccccc2F)n1-c1ccccc1)C(=O)NCc1ccccc1Cl. The minimum atomic E-state index is -0.452. The molecule has 9 heteroatoms. The number of amides is 1. The average Bonchev–Trinajstić information content (AvgIpc) is 3.25. The van der Waals surface area contributed by atoms with Gasteiger partial charge in [0.15, 0.2) is 22.5 Å². The number of rotatable bonds is 9. The Hall–Kier alpha value is -3.36. The highest BCUT2D eigenvalue weighted by molar-refractivity contribution is 8.00. The van der Waals surface area contributed by atoms with Crippen molar-refractivity contribution in [1.82, 2.24) is 20.1 Å². The second-order valence-corrected chi connectivity index (χ2v) is 9.07. The number of halogens is 2. The Morgan fingerprint density at radius 3 is 2.53 bits per heavy atom. The van der Waals surface area contributed by atoms with Crippen LogP contribution in [-0.2, 0) is 17.9 Å². The Labute approximate surface area is 206 Å². The first-order valence-electron chi connectivity index (χ1n) is 10.6. The molecule has 0 aliphatic rings. The van der Waals surface area contributed by atoms with Gasteiger partial charge in [0.2, 0.25) is 5.91 Å². The largest absolute Gasteiger partial charge is 0.483 e. The molecule has 4 rings (SSSR count). The molecule has 174 valence electrons. The molecule has 0 radical (unpaired) electrons. The lowest BCUT2D eigenvalue weighted by Crippen LogP contribution is -2.30. The predicted molar refractivity (Wildman–Crippen MR) is 131 cm³/mol. The number of aromatic nitrogens is 3. The van der Waals surface area contributed by atoms with Gasteiger partial charge in [0.1, 0.15) is 6.61 Å². The molecule has 0 spiro atoms. The summed E-state index contributed by atoms with van der Waals surface area (Å²) < 4.78 is 21.4. The molecule has 0 aliphatic carbocycles. The third-order valence-electron chi connectivity index (χ3n) is 4.97. The number of hydrogen-bond acceptors (Lipinski definition) is 5. The fraction of sp³-hybridized carbons (Fsp3) is 0.160. The molecule has 4 aromatic rings. The van der Waals surface area contributed by atoms with E-state index < -0.39 is 11.1 Å². The van der Waals surface area contributed by atoms with Crippen molar-refractivity contribution in [3.63, 3.8) is 0 Å². The van der Waals surface area contributed by atoms with Crippen LogP contribution >= 0.6 is 23.4 Å². The predicted octanol–water partition coefficient (Wildman–Crippen LogP) is 5.44. The van der Waals surface area contributed by atoms with Gasteiger partial charge in [-0.1, -0.05) is 71.9 Å². The van der Waals surface area contributed by atoms with Gasteiger partial charge in [-0.25, -0.2) is 4.39 Å². The van der Waals surface area contributed by atoms with Crippen molar-refractivity contribution in [2.45, 2.75) is 30.5 Å². The van der Waals surface area contributed by atoms with Gasteiger partial charge >= 0.3 is 0 Å². The quantitative estimate of drug-likeness (QED) is 0.313. The van der Waals surface area contributed by atoms with E-state index in [1.54, 1.807) is 31.2 Å². The van der Waals surface area contributed by atoms with Crippen molar-refractivity contribution < 1.29 is 13.9 Å². The molecule has 3 aromatic carbocycles. The highest BCUT2D eigenvalue weighted by atomic mass is 35.5. The summed E-state index contributed by atoms with van der Waals surface area (Å²) in [5.41, 5.74) is 1.65. The van der Waals surface area contributed by atoms with Gasteiger partial charge in [0.25, 0.3) is 0 Å². The van der Waals surface area contributed by atoms with Crippen LogP contribution in [-0.4, -0.2) is 25.9 Å². The standard InChI is InChI=1S/C25H22ClFN4O2S/c1-17(24(32)28-15-18-9-5-6-12-20(18)26)34-25-30-29-23(31(25)19-10-3-2-4-11-19)16-33-22-14-8-7-13-21(22)27/h2-14,17H,15-16H2,1H3,(H,28,32). The molecule has 1 atom stereocenters. The molecule has 1 N–H and O–H groups in total. The summed E-state index contributed by atoms with van der Waals surface area (Å²) >= 11 is 7.45. The molecular formula is C25H22ClFN4O2S. The van der Waals surface area contributed by atoms with E-state index in [-0.39, 0.29) is 18.3 Å². The van der Waals surface area contributed by atoms with Gasteiger partial charge < -0.3 is 10.1 Å². The number of nitrogens with zero attached hydrogens (tertiary/aromatic N) is 3. The number of hydrogen-bond donors (Lipinski definition) is 1. The third-order valence-corrected chi connectivity index (χ3v) is 6.38.